The molecule has 1 saturated heterocycles. The van der Waals surface area contributed by atoms with E-state index in [1.165, 1.54) is 42.4 Å². The van der Waals surface area contributed by atoms with Crippen LogP contribution in [-0.4, -0.2) is 48.8 Å². The third-order valence-electron chi connectivity index (χ3n) is 8.46. The van der Waals surface area contributed by atoms with Crippen molar-refractivity contribution >= 4 is 21.8 Å². The average Bonchev–Trinajstić information content (AvgIpc) is 3.37. The number of rotatable bonds is 9. The monoisotopic (exact) mass is 501 g/mol. The maximum atomic E-state index is 13.2. The van der Waals surface area contributed by atoms with Gasteiger partial charge in [-0.25, -0.2) is 12.7 Å². The molecule has 0 bridgehead atoms. The van der Waals surface area contributed by atoms with Gasteiger partial charge in [0.25, 0.3) is 5.91 Å². The molecular weight excluding hydrogens is 458 g/mol. The zero-order valence-electron chi connectivity index (χ0n) is 22.0. The number of piperidine rings is 1. The Morgan fingerprint density at radius 1 is 1.09 bits per heavy atom. The summed E-state index contributed by atoms with van der Waals surface area (Å²) in [7, 11) is -3.39. The lowest BCUT2D eigenvalue weighted by Crippen LogP contribution is -2.51. The molecule has 7 heteroatoms. The van der Waals surface area contributed by atoms with Crippen molar-refractivity contribution in [2.24, 2.45) is 16.8 Å². The molecular formula is C28H43N3O3S. The van der Waals surface area contributed by atoms with Crippen LogP contribution in [0.2, 0.25) is 0 Å². The van der Waals surface area contributed by atoms with Crippen LogP contribution in [0.1, 0.15) is 87.5 Å². The number of sulfonamides is 1. The van der Waals surface area contributed by atoms with E-state index in [1.807, 2.05) is 0 Å². The quantitative estimate of drug-likeness (QED) is 0.498. The van der Waals surface area contributed by atoms with Crippen LogP contribution in [0, 0.1) is 25.7 Å². The Morgan fingerprint density at radius 3 is 2.37 bits per heavy atom. The first kappa shape index (κ1) is 26.3. The number of aliphatic imine (C=N–C) groups is 1. The smallest absolute Gasteiger partial charge is 0.253 e. The molecule has 1 aliphatic carbocycles. The second-order valence-corrected chi connectivity index (χ2v) is 13.3. The number of amidine groups is 1. The van der Waals surface area contributed by atoms with Crippen LogP contribution < -0.4 is 5.32 Å². The minimum Gasteiger partial charge on any atom is -0.312 e. The molecule has 6 nitrogen and oxygen atoms in total. The lowest BCUT2D eigenvalue weighted by molar-refractivity contribution is -0.125. The number of benzene rings is 1. The largest absolute Gasteiger partial charge is 0.312 e. The molecule has 0 radical (unpaired) electrons. The number of carbonyl (C=O) groups excluding carboxylic acids is 1. The topological polar surface area (TPSA) is 78.8 Å². The third-order valence-corrected chi connectivity index (χ3v) is 10.3. The summed E-state index contributed by atoms with van der Waals surface area (Å²) < 4.78 is 28.0. The highest BCUT2D eigenvalue weighted by atomic mass is 32.2. The van der Waals surface area contributed by atoms with Gasteiger partial charge in [-0.1, -0.05) is 38.8 Å². The van der Waals surface area contributed by atoms with E-state index >= 15 is 0 Å². The van der Waals surface area contributed by atoms with Crippen LogP contribution in [0.5, 0.6) is 0 Å². The summed E-state index contributed by atoms with van der Waals surface area (Å²) in [6.07, 6.45) is 9.53. The number of aryl methyl sites for hydroxylation is 3. The number of nitrogens with one attached hydrogen (secondary N) is 1. The van der Waals surface area contributed by atoms with E-state index in [2.05, 4.69) is 45.1 Å². The Labute approximate surface area is 212 Å². The SMILES string of the molecule is CCCCCc1cc(C)c(CCS(=O)(=O)N2CCC3(CC2)N=C(C2CCC(C)C2)NC3=O)c(C)c1. The predicted molar refractivity (Wildman–Crippen MR) is 142 cm³/mol. The summed E-state index contributed by atoms with van der Waals surface area (Å²) in [6.45, 7) is 9.39. The molecule has 1 amide bonds. The zero-order chi connectivity index (χ0) is 25.2. The van der Waals surface area contributed by atoms with Crippen molar-refractivity contribution in [3.05, 3.63) is 34.4 Å². The molecule has 2 atom stereocenters. The Kier molecular flexibility index (Phi) is 8.06. The van der Waals surface area contributed by atoms with Crippen molar-refractivity contribution < 1.29 is 13.2 Å². The number of unbranched alkanes of at least 4 members (excludes halogenated alkanes) is 2. The molecule has 1 spiro atoms. The highest BCUT2D eigenvalue weighted by Crippen LogP contribution is 2.37. The van der Waals surface area contributed by atoms with Gasteiger partial charge in [-0.15, -0.1) is 0 Å². The van der Waals surface area contributed by atoms with Crippen LogP contribution in [-0.2, 0) is 27.7 Å². The lowest BCUT2D eigenvalue weighted by atomic mass is 9.89. The van der Waals surface area contributed by atoms with Gasteiger partial charge in [0.05, 0.1) is 5.75 Å². The molecule has 4 rings (SSSR count). The number of hydrogen-bond donors (Lipinski definition) is 1. The van der Waals surface area contributed by atoms with Crippen molar-refractivity contribution in [1.29, 1.82) is 0 Å². The molecule has 2 heterocycles. The molecule has 3 aliphatic rings. The van der Waals surface area contributed by atoms with Gasteiger partial charge in [0.15, 0.2) is 0 Å². The van der Waals surface area contributed by atoms with Gasteiger partial charge in [-0.05, 0) is 93.4 Å². The summed E-state index contributed by atoms with van der Waals surface area (Å²) in [4.78, 5) is 17.7. The van der Waals surface area contributed by atoms with Crippen molar-refractivity contribution in [2.45, 2.75) is 97.4 Å². The Bertz CT molecular complexity index is 1050. The van der Waals surface area contributed by atoms with Gasteiger partial charge < -0.3 is 5.32 Å². The second-order valence-electron chi connectivity index (χ2n) is 11.2. The fourth-order valence-corrected chi connectivity index (χ4v) is 7.68. The van der Waals surface area contributed by atoms with Crippen LogP contribution in [0.4, 0.5) is 0 Å². The van der Waals surface area contributed by atoms with Gasteiger partial charge >= 0.3 is 0 Å². The first-order chi connectivity index (χ1) is 16.6. The van der Waals surface area contributed by atoms with Gasteiger partial charge in [0, 0.05) is 19.0 Å². The van der Waals surface area contributed by atoms with E-state index in [1.54, 1.807) is 4.31 Å². The molecule has 1 N–H and O–H groups in total. The van der Waals surface area contributed by atoms with Crippen LogP contribution in [0.25, 0.3) is 0 Å². The fourth-order valence-electron chi connectivity index (χ4n) is 6.22. The van der Waals surface area contributed by atoms with Gasteiger partial charge in [-0.3, -0.25) is 9.79 Å². The summed E-state index contributed by atoms with van der Waals surface area (Å²) in [5.74, 6) is 1.94. The Hall–Kier alpha value is -1.73. The first-order valence-corrected chi connectivity index (χ1v) is 15.2. The molecule has 1 aromatic carbocycles. The van der Waals surface area contributed by atoms with Crippen molar-refractivity contribution in [2.75, 3.05) is 18.8 Å². The predicted octanol–water partition coefficient (Wildman–Crippen LogP) is 4.71. The van der Waals surface area contributed by atoms with Crippen LogP contribution in [0.3, 0.4) is 0 Å². The Balaban J connectivity index is 1.35. The van der Waals surface area contributed by atoms with Crippen LogP contribution >= 0.6 is 0 Å². The highest BCUT2D eigenvalue weighted by molar-refractivity contribution is 7.89. The average molecular weight is 502 g/mol. The second kappa shape index (κ2) is 10.7. The molecule has 194 valence electrons. The van der Waals surface area contributed by atoms with E-state index < -0.39 is 15.6 Å². The number of amides is 1. The maximum Gasteiger partial charge on any atom is 0.253 e. The van der Waals surface area contributed by atoms with E-state index in [4.69, 9.17) is 4.99 Å². The molecule has 2 aliphatic heterocycles. The summed E-state index contributed by atoms with van der Waals surface area (Å²) in [5.41, 5.74) is 4.11. The minimum absolute atomic E-state index is 0.0330. The maximum absolute atomic E-state index is 13.2. The normalized spacial score (nSPS) is 24.7. The zero-order valence-corrected chi connectivity index (χ0v) is 22.8. The van der Waals surface area contributed by atoms with E-state index in [0.29, 0.717) is 44.2 Å². The minimum atomic E-state index is -3.39. The molecule has 1 saturated carbocycles. The van der Waals surface area contributed by atoms with Crippen molar-refractivity contribution in [3.63, 3.8) is 0 Å². The standard InChI is InChI=1S/C28H43N3O3S/c1-5-6-7-8-23-18-21(3)25(22(4)19-23)11-16-35(33,34)31-14-12-28(13-15-31)27(32)29-26(30-28)24-10-9-20(2)17-24/h18-20,24H,5-17H2,1-4H3,(H,29,30,32). The molecule has 2 unspecified atom stereocenters. The third kappa shape index (κ3) is 5.82. The van der Waals surface area contributed by atoms with Gasteiger partial charge in [0.1, 0.15) is 11.4 Å². The molecule has 1 aromatic rings. The number of nitrogens with zero attached hydrogens (tertiary/aromatic N) is 2. The van der Waals surface area contributed by atoms with E-state index in [0.717, 1.165) is 30.7 Å². The fraction of sp³-hybridized carbons (Fsp3) is 0.714. The van der Waals surface area contributed by atoms with Crippen molar-refractivity contribution in [1.82, 2.24) is 9.62 Å². The lowest BCUT2D eigenvalue weighted by Gasteiger charge is -2.34. The van der Waals surface area contributed by atoms with Crippen LogP contribution in [0.15, 0.2) is 17.1 Å². The Morgan fingerprint density at radius 2 is 1.77 bits per heavy atom. The summed E-state index contributed by atoms with van der Waals surface area (Å²) >= 11 is 0. The van der Waals surface area contributed by atoms with Crippen molar-refractivity contribution in [3.8, 4) is 0 Å². The molecule has 2 fully saturated rings. The summed E-state index contributed by atoms with van der Waals surface area (Å²) in [6, 6.07) is 4.46. The first-order valence-electron chi connectivity index (χ1n) is 13.6. The number of hydrogen-bond acceptors (Lipinski definition) is 4. The van der Waals surface area contributed by atoms with Gasteiger partial charge in [0.2, 0.25) is 10.0 Å². The number of carbonyl (C=O) groups is 1. The highest BCUT2D eigenvalue weighted by Gasteiger charge is 2.48. The molecule has 0 aromatic heterocycles. The molecule has 35 heavy (non-hydrogen) atoms. The van der Waals surface area contributed by atoms with E-state index in [9.17, 15) is 13.2 Å². The van der Waals surface area contributed by atoms with Gasteiger partial charge in [-0.2, -0.15) is 0 Å². The van der Waals surface area contributed by atoms with E-state index in [-0.39, 0.29) is 11.7 Å². The summed E-state index contributed by atoms with van der Waals surface area (Å²) in [5, 5.41) is 3.05.